The number of aliphatic hydroxyl groups excluding tert-OH is 1. The van der Waals surface area contributed by atoms with Gasteiger partial charge in [0.15, 0.2) is 0 Å². The Morgan fingerprint density at radius 3 is 2.76 bits per heavy atom. The number of rotatable bonds is 4. The lowest BCUT2D eigenvalue weighted by molar-refractivity contribution is 0.281. The number of pyridine rings is 1. The van der Waals surface area contributed by atoms with Crippen molar-refractivity contribution >= 4 is 22.3 Å². The number of nitrogen functional groups attached to an aromatic ring is 1. The first-order valence-electron chi connectivity index (χ1n) is 6.83. The predicted octanol–water partition coefficient (Wildman–Crippen LogP) is 2.92. The molecule has 1 heterocycles. The molecule has 3 rings (SSSR count). The minimum Gasteiger partial charge on any atom is -0.398 e. The van der Waals surface area contributed by atoms with Crippen LogP contribution in [-0.4, -0.2) is 10.1 Å². The SMILES string of the molecule is Nc1ccc(NCc2cccc(CO)c2)c2ncccc12. The highest BCUT2D eigenvalue weighted by Gasteiger charge is 2.05. The Labute approximate surface area is 123 Å². The van der Waals surface area contributed by atoms with Gasteiger partial charge in [0.05, 0.1) is 17.8 Å². The van der Waals surface area contributed by atoms with Crippen LogP contribution < -0.4 is 11.1 Å². The first-order chi connectivity index (χ1) is 10.3. The largest absolute Gasteiger partial charge is 0.398 e. The topological polar surface area (TPSA) is 71.2 Å². The van der Waals surface area contributed by atoms with E-state index in [1.165, 1.54) is 0 Å². The van der Waals surface area contributed by atoms with Crippen molar-refractivity contribution in [1.29, 1.82) is 0 Å². The molecule has 1 aromatic heterocycles. The monoisotopic (exact) mass is 279 g/mol. The average molecular weight is 279 g/mol. The Hall–Kier alpha value is -2.59. The third-order valence-electron chi connectivity index (χ3n) is 3.46. The van der Waals surface area contributed by atoms with Gasteiger partial charge in [0.25, 0.3) is 0 Å². The van der Waals surface area contributed by atoms with Gasteiger partial charge in [0.2, 0.25) is 0 Å². The zero-order valence-electron chi connectivity index (χ0n) is 11.6. The maximum atomic E-state index is 9.17. The smallest absolute Gasteiger partial charge is 0.0953 e. The van der Waals surface area contributed by atoms with Crippen molar-refractivity contribution in [3.05, 3.63) is 65.9 Å². The fourth-order valence-corrected chi connectivity index (χ4v) is 2.37. The summed E-state index contributed by atoms with van der Waals surface area (Å²) in [6.45, 7) is 0.726. The Kier molecular flexibility index (Phi) is 3.71. The molecule has 0 saturated heterocycles. The van der Waals surface area contributed by atoms with Crippen LogP contribution in [0.25, 0.3) is 10.9 Å². The second kappa shape index (κ2) is 5.81. The van der Waals surface area contributed by atoms with Crippen molar-refractivity contribution in [3.8, 4) is 0 Å². The first kappa shape index (κ1) is 13.4. The highest BCUT2D eigenvalue weighted by Crippen LogP contribution is 2.26. The number of hydrogen-bond acceptors (Lipinski definition) is 4. The van der Waals surface area contributed by atoms with E-state index >= 15 is 0 Å². The highest BCUT2D eigenvalue weighted by atomic mass is 16.3. The molecule has 2 aromatic carbocycles. The van der Waals surface area contributed by atoms with Gasteiger partial charge in [0, 0.05) is 23.8 Å². The molecular weight excluding hydrogens is 262 g/mol. The number of benzene rings is 2. The van der Waals surface area contributed by atoms with Crippen LogP contribution >= 0.6 is 0 Å². The molecule has 0 fully saturated rings. The van der Waals surface area contributed by atoms with E-state index in [4.69, 9.17) is 5.73 Å². The fraction of sp³-hybridized carbons (Fsp3) is 0.118. The van der Waals surface area contributed by atoms with Crippen LogP contribution in [0, 0.1) is 0 Å². The second-order valence-electron chi connectivity index (χ2n) is 4.93. The molecule has 0 aliphatic rings. The summed E-state index contributed by atoms with van der Waals surface area (Å²) < 4.78 is 0. The van der Waals surface area contributed by atoms with Gasteiger partial charge < -0.3 is 16.2 Å². The van der Waals surface area contributed by atoms with Gasteiger partial charge in [-0.2, -0.15) is 0 Å². The van der Waals surface area contributed by atoms with Crippen molar-refractivity contribution in [3.63, 3.8) is 0 Å². The van der Waals surface area contributed by atoms with E-state index < -0.39 is 0 Å². The molecule has 3 aromatic rings. The van der Waals surface area contributed by atoms with Crippen LogP contribution in [0.4, 0.5) is 11.4 Å². The van der Waals surface area contributed by atoms with Crippen LogP contribution in [-0.2, 0) is 13.2 Å². The molecule has 106 valence electrons. The van der Waals surface area contributed by atoms with Crippen molar-refractivity contribution in [2.45, 2.75) is 13.2 Å². The zero-order chi connectivity index (χ0) is 14.7. The molecule has 0 aliphatic carbocycles. The van der Waals surface area contributed by atoms with E-state index in [1.54, 1.807) is 6.20 Å². The summed E-state index contributed by atoms with van der Waals surface area (Å²) in [6.07, 6.45) is 1.76. The minimum absolute atomic E-state index is 0.0558. The molecule has 0 aliphatic heterocycles. The molecule has 0 radical (unpaired) electrons. The molecule has 0 amide bonds. The molecule has 0 atom stereocenters. The Morgan fingerprint density at radius 1 is 1.05 bits per heavy atom. The van der Waals surface area contributed by atoms with Gasteiger partial charge in [-0.25, -0.2) is 0 Å². The molecule has 21 heavy (non-hydrogen) atoms. The lowest BCUT2D eigenvalue weighted by Crippen LogP contribution is -2.02. The zero-order valence-corrected chi connectivity index (χ0v) is 11.6. The van der Waals surface area contributed by atoms with Crippen molar-refractivity contribution < 1.29 is 5.11 Å². The van der Waals surface area contributed by atoms with Crippen LogP contribution in [0.2, 0.25) is 0 Å². The number of fused-ring (bicyclic) bond motifs is 1. The lowest BCUT2D eigenvalue weighted by atomic mass is 10.1. The van der Waals surface area contributed by atoms with Crippen LogP contribution in [0.5, 0.6) is 0 Å². The molecule has 4 heteroatoms. The van der Waals surface area contributed by atoms with Gasteiger partial charge in [0.1, 0.15) is 0 Å². The summed E-state index contributed by atoms with van der Waals surface area (Å²) in [6, 6.07) is 15.5. The van der Waals surface area contributed by atoms with Gasteiger partial charge in [-0.1, -0.05) is 24.3 Å². The summed E-state index contributed by atoms with van der Waals surface area (Å²) in [5, 5.41) is 13.5. The number of nitrogens with two attached hydrogens (primary N) is 1. The minimum atomic E-state index is 0.0558. The average Bonchev–Trinajstić information content (AvgIpc) is 2.55. The van der Waals surface area contributed by atoms with Gasteiger partial charge in [-0.05, 0) is 35.4 Å². The van der Waals surface area contributed by atoms with Gasteiger partial charge in [-0.3, -0.25) is 4.98 Å². The summed E-state index contributed by atoms with van der Waals surface area (Å²) >= 11 is 0. The van der Waals surface area contributed by atoms with Crippen LogP contribution in [0.3, 0.4) is 0 Å². The molecule has 0 bridgehead atoms. The first-order valence-corrected chi connectivity index (χ1v) is 6.83. The van der Waals surface area contributed by atoms with Crippen LogP contribution in [0.15, 0.2) is 54.7 Å². The predicted molar refractivity (Wildman–Crippen MR) is 85.8 cm³/mol. The maximum Gasteiger partial charge on any atom is 0.0953 e. The number of anilines is 2. The van der Waals surface area contributed by atoms with Gasteiger partial charge in [-0.15, -0.1) is 0 Å². The molecule has 0 unspecified atom stereocenters. The van der Waals surface area contributed by atoms with Gasteiger partial charge >= 0.3 is 0 Å². The summed E-state index contributed by atoms with van der Waals surface area (Å²) in [5.41, 5.74) is 10.6. The Balaban J connectivity index is 1.87. The van der Waals surface area contributed by atoms with Crippen molar-refractivity contribution in [2.24, 2.45) is 0 Å². The summed E-state index contributed by atoms with van der Waals surface area (Å²) in [4.78, 5) is 4.41. The third-order valence-corrected chi connectivity index (χ3v) is 3.46. The Bertz CT molecular complexity index is 771. The van der Waals surface area contributed by atoms with E-state index in [0.717, 1.165) is 33.4 Å². The quantitative estimate of drug-likeness (QED) is 0.642. The molecule has 0 saturated carbocycles. The maximum absolute atomic E-state index is 9.17. The van der Waals surface area contributed by atoms with Crippen molar-refractivity contribution in [2.75, 3.05) is 11.1 Å². The molecule has 4 nitrogen and oxygen atoms in total. The number of hydrogen-bond donors (Lipinski definition) is 3. The van der Waals surface area contributed by atoms with Crippen molar-refractivity contribution in [1.82, 2.24) is 4.98 Å². The standard InChI is InChI=1S/C17H17N3O/c18-15-6-7-16(17-14(15)5-2-8-19-17)20-10-12-3-1-4-13(9-12)11-21/h1-9,20-21H,10-11,18H2. The second-order valence-corrected chi connectivity index (χ2v) is 4.93. The molecule has 4 N–H and O–H groups in total. The number of aliphatic hydroxyl groups is 1. The van der Waals surface area contributed by atoms with Crippen LogP contribution in [0.1, 0.15) is 11.1 Å². The fourth-order valence-electron chi connectivity index (χ4n) is 2.37. The highest BCUT2D eigenvalue weighted by molar-refractivity contribution is 5.98. The summed E-state index contributed by atoms with van der Waals surface area (Å²) in [7, 11) is 0. The molecular formula is C17H17N3O. The van der Waals surface area contributed by atoms with E-state index in [2.05, 4.69) is 10.3 Å². The van der Waals surface area contributed by atoms with E-state index in [0.29, 0.717) is 6.54 Å². The Morgan fingerprint density at radius 2 is 1.90 bits per heavy atom. The number of aromatic nitrogens is 1. The number of nitrogens with one attached hydrogen (secondary N) is 1. The normalized spacial score (nSPS) is 10.7. The number of nitrogens with zero attached hydrogens (tertiary/aromatic N) is 1. The molecule has 0 spiro atoms. The lowest BCUT2D eigenvalue weighted by Gasteiger charge is -2.11. The third kappa shape index (κ3) is 2.80. The van der Waals surface area contributed by atoms with E-state index in [9.17, 15) is 5.11 Å². The van der Waals surface area contributed by atoms with E-state index in [1.807, 2.05) is 48.5 Å². The van der Waals surface area contributed by atoms with E-state index in [-0.39, 0.29) is 6.61 Å². The summed E-state index contributed by atoms with van der Waals surface area (Å²) in [5.74, 6) is 0.